The van der Waals surface area contributed by atoms with E-state index in [9.17, 15) is 26.4 Å². The molecule has 3 rings (SSSR count). The summed E-state index contributed by atoms with van der Waals surface area (Å²) in [5.41, 5.74) is -0.359. The van der Waals surface area contributed by atoms with Crippen molar-refractivity contribution < 1.29 is 35.9 Å². The molecule has 3 aromatic carbocycles. The van der Waals surface area contributed by atoms with Crippen molar-refractivity contribution in [1.29, 1.82) is 0 Å². The molecule has 0 spiro atoms. The molecule has 0 fully saturated rings. The molecule has 38 heavy (non-hydrogen) atoms. The molecule has 1 N–H and O–H groups in total. The van der Waals surface area contributed by atoms with Crippen molar-refractivity contribution in [2.24, 2.45) is 0 Å². The Kier molecular flexibility index (Phi) is 9.50. The Labute approximate surface area is 224 Å². The van der Waals surface area contributed by atoms with E-state index in [4.69, 9.17) is 21.1 Å². The van der Waals surface area contributed by atoms with Gasteiger partial charge in [-0.3, -0.25) is 9.10 Å². The number of alkyl halides is 3. The molecule has 1 amide bonds. The Morgan fingerprint density at radius 1 is 0.974 bits per heavy atom. The van der Waals surface area contributed by atoms with Gasteiger partial charge in [-0.2, -0.15) is 13.2 Å². The van der Waals surface area contributed by atoms with E-state index in [0.717, 1.165) is 17.7 Å². The fourth-order valence-corrected chi connectivity index (χ4v) is 5.17. The molecule has 0 heterocycles. The van der Waals surface area contributed by atoms with Crippen LogP contribution in [0.1, 0.15) is 17.5 Å². The van der Waals surface area contributed by atoms with Crippen LogP contribution in [0.2, 0.25) is 5.02 Å². The van der Waals surface area contributed by atoms with Crippen LogP contribution in [0.3, 0.4) is 0 Å². The minimum Gasteiger partial charge on any atom is -0.493 e. The number of ether oxygens (including phenoxy) is 2. The highest BCUT2D eigenvalue weighted by Crippen LogP contribution is 2.35. The highest BCUT2D eigenvalue weighted by atomic mass is 35.5. The number of amides is 1. The van der Waals surface area contributed by atoms with Gasteiger partial charge in [-0.1, -0.05) is 29.8 Å². The molecule has 3 aromatic rings. The summed E-state index contributed by atoms with van der Waals surface area (Å²) in [5.74, 6) is -0.317. The third-order valence-electron chi connectivity index (χ3n) is 5.57. The Hall–Kier alpha value is -3.44. The van der Waals surface area contributed by atoms with Crippen molar-refractivity contribution in [3.05, 3.63) is 82.9 Å². The number of carbonyl (C=O) groups excluding carboxylic acids is 1. The monoisotopic (exact) mass is 570 g/mol. The van der Waals surface area contributed by atoms with Gasteiger partial charge in [0, 0.05) is 17.6 Å². The van der Waals surface area contributed by atoms with Crippen LogP contribution in [0.15, 0.2) is 71.6 Å². The number of methoxy groups -OCH3 is 2. The molecule has 0 atom stereocenters. The van der Waals surface area contributed by atoms with Gasteiger partial charge in [0.15, 0.2) is 11.5 Å². The van der Waals surface area contributed by atoms with E-state index in [0.29, 0.717) is 28.2 Å². The smallest absolute Gasteiger partial charge is 0.416 e. The second kappa shape index (κ2) is 12.4. The number of nitrogens with one attached hydrogen (secondary N) is 1. The molecule has 0 bridgehead atoms. The summed E-state index contributed by atoms with van der Waals surface area (Å²) in [6.45, 7) is -0.507. The van der Waals surface area contributed by atoms with Crippen LogP contribution < -0.4 is 19.1 Å². The second-order valence-corrected chi connectivity index (χ2v) is 10.5. The zero-order valence-electron chi connectivity index (χ0n) is 20.6. The van der Waals surface area contributed by atoms with Crippen molar-refractivity contribution in [2.75, 3.05) is 31.6 Å². The van der Waals surface area contributed by atoms with Gasteiger partial charge in [-0.25, -0.2) is 8.42 Å². The fraction of sp³-hybridized carbons (Fsp3) is 0.269. The van der Waals surface area contributed by atoms with Crippen molar-refractivity contribution >= 4 is 33.2 Å². The first-order chi connectivity index (χ1) is 18.0. The standard InChI is InChI=1S/C26H26ClF3N2O5S/c1-36-23-13-12-22(16-24(23)37-2)38(34,35)32(21-7-3-6-19(15-21)26(28,29)30)17-25(33)31-14-4-5-18-8-10-20(27)11-9-18/h3,6-13,15-16H,4-5,14,17H2,1-2H3,(H,31,33). The number of sulfonamides is 1. The molecule has 0 unspecified atom stereocenters. The lowest BCUT2D eigenvalue weighted by atomic mass is 10.1. The molecule has 0 aliphatic carbocycles. The largest absolute Gasteiger partial charge is 0.493 e. The minimum absolute atomic E-state index is 0.101. The quantitative estimate of drug-likeness (QED) is 0.315. The molecule has 0 aliphatic rings. The van der Waals surface area contributed by atoms with Gasteiger partial charge in [-0.15, -0.1) is 0 Å². The number of anilines is 1. The van der Waals surface area contributed by atoms with Crippen LogP contribution in [0.5, 0.6) is 11.5 Å². The van der Waals surface area contributed by atoms with Crippen LogP contribution in [0, 0.1) is 0 Å². The highest BCUT2D eigenvalue weighted by Gasteiger charge is 2.33. The molecule has 0 aromatic heterocycles. The fourth-order valence-electron chi connectivity index (χ4n) is 3.61. The van der Waals surface area contributed by atoms with Gasteiger partial charge in [0.25, 0.3) is 10.0 Å². The summed E-state index contributed by atoms with van der Waals surface area (Å²) in [5, 5.41) is 3.24. The molecule has 0 saturated carbocycles. The third-order valence-corrected chi connectivity index (χ3v) is 7.59. The Bertz CT molecular complexity index is 1370. The summed E-state index contributed by atoms with van der Waals surface area (Å²) < 4.78 is 78.3. The number of hydrogen-bond acceptors (Lipinski definition) is 5. The maximum absolute atomic E-state index is 13.6. The molecule has 0 aliphatic heterocycles. The van der Waals surface area contributed by atoms with E-state index >= 15 is 0 Å². The number of benzene rings is 3. The Morgan fingerprint density at radius 2 is 1.66 bits per heavy atom. The number of halogens is 4. The first-order valence-corrected chi connectivity index (χ1v) is 13.2. The van der Waals surface area contributed by atoms with Gasteiger partial charge in [0.1, 0.15) is 6.54 Å². The van der Waals surface area contributed by atoms with E-state index in [-0.39, 0.29) is 28.6 Å². The normalized spacial score (nSPS) is 11.6. The number of nitrogens with zero attached hydrogens (tertiary/aromatic N) is 1. The zero-order chi connectivity index (χ0) is 27.9. The van der Waals surface area contributed by atoms with Crippen LogP contribution in [0.25, 0.3) is 0 Å². The average molecular weight is 571 g/mol. The van der Waals surface area contributed by atoms with Crippen LogP contribution >= 0.6 is 11.6 Å². The van der Waals surface area contributed by atoms with Crippen LogP contribution in [-0.2, 0) is 27.4 Å². The molecule has 0 radical (unpaired) electrons. The predicted octanol–water partition coefficient (Wildman–Crippen LogP) is 5.32. The van der Waals surface area contributed by atoms with E-state index < -0.39 is 34.2 Å². The molecule has 0 saturated heterocycles. The maximum atomic E-state index is 13.6. The summed E-state index contributed by atoms with van der Waals surface area (Å²) in [6, 6.07) is 14.8. The van der Waals surface area contributed by atoms with E-state index in [1.54, 1.807) is 12.1 Å². The topological polar surface area (TPSA) is 84.9 Å². The van der Waals surface area contributed by atoms with Gasteiger partial charge in [-0.05, 0) is 60.9 Å². The predicted molar refractivity (Wildman–Crippen MR) is 138 cm³/mol. The van der Waals surface area contributed by atoms with E-state index in [1.807, 2.05) is 12.1 Å². The lowest BCUT2D eigenvalue weighted by Gasteiger charge is -2.25. The lowest BCUT2D eigenvalue weighted by molar-refractivity contribution is -0.137. The molecular formula is C26H26ClF3N2O5S. The maximum Gasteiger partial charge on any atom is 0.416 e. The minimum atomic E-state index is -4.71. The zero-order valence-corrected chi connectivity index (χ0v) is 22.2. The molecule has 12 heteroatoms. The van der Waals surface area contributed by atoms with Crippen molar-refractivity contribution in [2.45, 2.75) is 23.9 Å². The summed E-state index contributed by atoms with van der Waals surface area (Å²) in [7, 11) is -1.80. The Balaban J connectivity index is 1.85. The number of rotatable bonds is 11. The second-order valence-electron chi connectivity index (χ2n) is 8.16. The van der Waals surface area contributed by atoms with E-state index in [1.165, 1.54) is 38.5 Å². The molecular weight excluding hydrogens is 545 g/mol. The average Bonchev–Trinajstić information content (AvgIpc) is 2.89. The number of carbonyl (C=O) groups is 1. The van der Waals surface area contributed by atoms with Crippen LogP contribution in [-0.4, -0.2) is 41.6 Å². The highest BCUT2D eigenvalue weighted by molar-refractivity contribution is 7.92. The van der Waals surface area contributed by atoms with Gasteiger partial charge < -0.3 is 14.8 Å². The van der Waals surface area contributed by atoms with Crippen molar-refractivity contribution in [3.63, 3.8) is 0 Å². The third kappa shape index (κ3) is 7.32. The summed E-state index contributed by atoms with van der Waals surface area (Å²) in [4.78, 5) is 12.5. The Morgan fingerprint density at radius 3 is 2.29 bits per heavy atom. The summed E-state index contributed by atoms with van der Waals surface area (Å²) in [6.07, 6.45) is -3.52. The SMILES string of the molecule is COc1ccc(S(=O)(=O)N(CC(=O)NCCCc2ccc(Cl)cc2)c2cccc(C(F)(F)F)c2)cc1OC. The summed E-state index contributed by atoms with van der Waals surface area (Å²) >= 11 is 5.87. The van der Waals surface area contributed by atoms with Crippen molar-refractivity contribution in [3.8, 4) is 11.5 Å². The lowest BCUT2D eigenvalue weighted by Crippen LogP contribution is -2.41. The van der Waals surface area contributed by atoms with Gasteiger partial charge in [0.2, 0.25) is 5.91 Å². The molecule has 204 valence electrons. The van der Waals surface area contributed by atoms with E-state index in [2.05, 4.69) is 5.32 Å². The van der Waals surface area contributed by atoms with Crippen LogP contribution in [0.4, 0.5) is 18.9 Å². The van der Waals surface area contributed by atoms with Gasteiger partial charge in [0.05, 0.1) is 30.4 Å². The number of aryl methyl sites for hydroxylation is 1. The van der Waals surface area contributed by atoms with Gasteiger partial charge >= 0.3 is 6.18 Å². The number of hydrogen-bond donors (Lipinski definition) is 1. The van der Waals surface area contributed by atoms with Crippen molar-refractivity contribution in [1.82, 2.24) is 5.32 Å². The first kappa shape index (κ1) is 29.1. The molecule has 7 nitrogen and oxygen atoms in total. The first-order valence-electron chi connectivity index (χ1n) is 11.4.